The highest BCUT2D eigenvalue weighted by atomic mass is 32.2. The van der Waals surface area contributed by atoms with Crippen LogP contribution < -0.4 is 4.72 Å². The van der Waals surface area contributed by atoms with Gasteiger partial charge in [0.25, 0.3) is 10.0 Å². The van der Waals surface area contributed by atoms with Gasteiger partial charge < -0.3 is 4.57 Å². The van der Waals surface area contributed by atoms with Crippen LogP contribution in [0.25, 0.3) is 0 Å². The minimum atomic E-state index is -3.71. The fourth-order valence-corrected chi connectivity index (χ4v) is 2.25. The van der Waals surface area contributed by atoms with E-state index in [0.29, 0.717) is 0 Å². The van der Waals surface area contributed by atoms with E-state index in [1.165, 1.54) is 30.9 Å². The molecule has 0 amide bonds. The van der Waals surface area contributed by atoms with Crippen LogP contribution in [0.5, 0.6) is 0 Å². The maximum Gasteiger partial charge on any atom is 0.260 e. The number of nitrogens with one attached hydrogen (secondary N) is 1. The van der Waals surface area contributed by atoms with Crippen molar-refractivity contribution in [1.82, 2.24) is 14.3 Å². The maximum atomic E-state index is 11.7. The zero-order valence-corrected chi connectivity index (χ0v) is 9.54. The summed E-state index contributed by atoms with van der Waals surface area (Å²) in [6, 6.07) is 1.85. The molecule has 0 radical (unpaired) electrons. The summed E-state index contributed by atoms with van der Waals surface area (Å²) in [6.07, 6.45) is 2.75. The molecule has 6 nitrogen and oxygen atoms in total. The van der Waals surface area contributed by atoms with Gasteiger partial charge in [-0.15, -0.1) is 0 Å². The molecule has 1 heterocycles. The molecule has 7 heteroatoms. The van der Waals surface area contributed by atoms with Crippen LogP contribution in [0.2, 0.25) is 0 Å². The van der Waals surface area contributed by atoms with Gasteiger partial charge in [-0.05, 0) is 13.8 Å². The lowest BCUT2D eigenvalue weighted by molar-refractivity contribution is 0.533. The van der Waals surface area contributed by atoms with E-state index >= 15 is 0 Å². The number of hydrogen-bond donors (Lipinski definition) is 1. The van der Waals surface area contributed by atoms with Crippen LogP contribution in [-0.2, 0) is 17.1 Å². The number of nitriles is 1. The molecule has 1 rings (SSSR count). The predicted molar refractivity (Wildman–Crippen MR) is 53.2 cm³/mol. The van der Waals surface area contributed by atoms with E-state index in [9.17, 15) is 8.42 Å². The smallest absolute Gasteiger partial charge is 0.260 e. The van der Waals surface area contributed by atoms with Gasteiger partial charge in [0.15, 0.2) is 5.03 Å². The zero-order valence-electron chi connectivity index (χ0n) is 8.72. The van der Waals surface area contributed by atoms with Gasteiger partial charge in [0, 0.05) is 13.2 Å². The van der Waals surface area contributed by atoms with Gasteiger partial charge in [0.2, 0.25) is 0 Å². The Balaban J connectivity index is 3.01. The molecular weight excluding hydrogens is 216 g/mol. The number of hydrogen-bond acceptors (Lipinski definition) is 4. The normalized spacial score (nSPS) is 12.4. The van der Waals surface area contributed by atoms with E-state index in [1.54, 1.807) is 7.05 Å². The monoisotopic (exact) mass is 228 g/mol. The second-order valence-corrected chi connectivity index (χ2v) is 5.35. The topological polar surface area (TPSA) is 87.8 Å². The van der Waals surface area contributed by atoms with Crippen molar-refractivity contribution in [3.05, 3.63) is 12.5 Å². The van der Waals surface area contributed by atoms with E-state index in [2.05, 4.69) is 9.71 Å². The van der Waals surface area contributed by atoms with Crippen molar-refractivity contribution in [3.63, 3.8) is 0 Å². The molecule has 15 heavy (non-hydrogen) atoms. The second-order valence-electron chi connectivity index (χ2n) is 3.72. The minimum Gasteiger partial charge on any atom is -0.339 e. The minimum absolute atomic E-state index is 0.0895. The predicted octanol–water partition coefficient (Wildman–Crippen LogP) is 0.000580. The molecule has 1 aromatic rings. The fraction of sp³-hybridized carbons (Fsp3) is 0.500. The quantitative estimate of drug-likeness (QED) is 0.788. The highest BCUT2D eigenvalue weighted by Gasteiger charge is 2.27. The Morgan fingerprint density at radius 1 is 1.60 bits per heavy atom. The molecule has 0 aliphatic heterocycles. The third kappa shape index (κ3) is 2.78. The molecule has 0 saturated heterocycles. The van der Waals surface area contributed by atoms with Gasteiger partial charge in [-0.25, -0.2) is 13.4 Å². The Labute approximate surface area is 88.6 Å². The Morgan fingerprint density at radius 3 is 2.60 bits per heavy atom. The van der Waals surface area contributed by atoms with Gasteiger partial charge in [-0.3, -0.25) is 0 Å². The standard InChI is InChI=1S/C8H12N4O2S/c1-8(2,5-9)11-15(13,14)7-4-12(3)6-10-7/h4,6,11H,1-3H3. The first-order valence-electron chi connectivity index (χ1n) is 4.20. The van der Waals surface area contributed by atoms with Gasteiger partial charge in [0.05, 0.1) is 12.4 Å². The first kappa shape index (κ1) is 11.7. The lowest BCUT2D eigenvalue weighted by Crippen LogP contribution is -2.42. The molecule has 0 atom stereocenters. The van der Waals surface area contributed by atoms with E-state index in [1.807, 2.05) is 6.07 Å². The molecule has 0 saturated carbocycles. The van der Waals surface area contributed by atoms with Crippen LogP contribution in [0.3, 0.4) is 0 Å². The largest absolute Gasteiger partial charge is 0.339 e. The number of aromatic nitrogens is 2. The summed E-state index contributed by atoms with van der Waals surface area (Å²) in [5.74, 6) is 0. The molecule has 0 spiro atoms. The molecular formula is C8H12N4O2S. The summed E-state index contributed by atoms with van der Waals surface area (Å²) in [6.45, 7) is 2.96. The third-order valence-corrected chi connectivity index (χ3v) is 3.17. The van der Waals surface area contributed by atoms with Crippen molar-refractivity contribution < 1.29 is 8.42 Å². The summed E-state index contributed by atoms with van der Waals surface area (Å²) in [7, 11) is -2.05. The second kappa shape index (κ2) is 3.64. The van der Waals surface area contributed by atoms with Crippen molar-refractivity contribution in [1.29, 1.82) is 5.26 Å². The number of sulfonamides is 1. The van der Waals surface area contributed by atoms with Crippen LogP contribution in [0.4, 0.5) is 0 Å². The van der Waals surface area contributed by atoms with Crippen LogP contribution in [0.15, 0.2) is 17.6 Å². The third-order valence-electron chi connectivity index (χ3n) is 1.63. The Bertz CT molecular complexity index is 495. The molecule has 82 valence electrons. The van der Waals surface area contributed by atoms with E-state index in [4.69, 9.17) is 5.26 Å². The molecule has 0 unspecified atom stereocenters. The summed E-state index contributed by atoms with van der Waals surface area (Å²) in [5, 5.41) is 8.62. The highest BCUT2D eigenvalue weighted by molar-refractivity contribution is 7.89. The summed E-state index contributed by atoms with van der Waals surface area (Å²) >= 11 is 0. The zero-order chi connectivity index (χ0) is 11.7. The summed E-state index contributed by atoms with van der Waals surface area (Å²) in [5.41, 5.74) is -1.14. The Morgan fingerprint density at radius 2 is 2.20 bits per heavy atom. The van der Waals surface area contributed by atoms with E-state index in [-0.39, 0.29) is 5.03 Å². The lowest BCUT2D eigenvalue weighted by Gasteiger charge is -2.15. The maximum absolute atomic E-state index is 11.7. The average molecular weight is 228 g/mol. The van der Waals surface area contributed by atoms with E-state index < -0.39 is 15.6 Å². The molecule has 0 aromatic carbocycles. The number of rotatable bonds is 3. The van der Waals surface area contributed by atoms with Gasteiger partial charge in [-0.2, -0.15) is 9.98 Å². The van der Waals surface area contributed by atoms with Crippen LogP contribution in [0, 0.1) is 11.3 Å². The van der Waals surface area contributed by atoms with Crippen LogP contribution in [0.1, 0.15) is 13.8 Å². The highest BCUT2D eigenvalue weighted by Crippen LogP contribution is 2.09. The van der Waals surface area contributed by atoms with Crippen LogP contribution >= 0.6 is 0 Å². The molecule has 0 fully saturated rings. The van der Waals surface area contributed by atoms with Crippen molar-refractivity contribution in [2.24, 2.45) is 7.05 Å². The SMILES string of the molecule is Cn1cnc(S(=O)(=O)NC(C)(C)C#N)c1. The van der Waals surface area contributed by atoms with Gasteiger partial charge in [0.1, 0.15) is 5.54 Å². The number of imidazole rings is 1. The summed E-state index contributed by atoms with van der Waals surface area (Å²) in [4.78, 5) is 3.71. The first-order chi connectivity index (χ1) is 6.77. The van der Waals surface area contributed by atoms with Gasteiger partial charge in [-0.1, -0.05) is 0 Å². The fourth-order valence-electron chi connectivity index (χ4n) is 0.939. The van der Waals surface area contributed by atoms with Crippen molar-refractivity contribution >= 4 is 10.0 Å². The van der Waals surface area contributed by atoms with Crippen molar-refractivity contribution in [3.8, 4) is 6.07 Å². The molecule has 0 bridgehead atoms. The number of aryl methyl sites for hydroxylation is 1. The summed E-state index contributed by atoms with van der Waals surface area (Å²) < 4.78 is 27.1. The lowest BCUT2D eigenvalue weighted by atomic mass is 10.1. The molecule has 1 aromatic heterocycles. The Kier molecular flexibility index (Phi) is 2.83. The Hall–Kier alpha value is -1.39. The average Bonchev–Trinajstić information content (AvgIpc) is 2.51. The van der Waals surface area contributed by atoms with Gasteiger partial charge >= 0.3 is 0 Å². The molecule has 0 aliphatic carbocycles. The number of nitrogens with zero attached hydrogens (tertiary/aromatic N) is 3. The van der Waals surface area contributed by atoms with Crippen molar-refractivity contribution in [2.45, 2.75) is 24.4 Å². The molecule has 0 aliphatic rings. The first-order valence-corrected chi connectivity index (χ1v) is 5.68. The molecule has 1 N–H and O–H groups in total. The van der Waals surface area contributed by atoms with Crippen molar-refractivity contribution in [2.75, 3.05) is 0 Å². The van der Waals surface area contributed by atoms with E-state index in [0.717, 1.165) is 0 Å². The van der Waals surface area contributed by atoms with Crippen LogP contribution in [-0.4, -0.2) is 23.5 Å².